The molecule has 1 saturated heterocycles. The van der Waals surface area contributed by atoms with E-state index in [0.29, 0.717) is 10.5 Å². The molecule has 0 aromatic carbocycles. The number of aromatic nitrogens is 1. The number of rotatable bonds is 1. The number of halogens is 2. The molecule has 1 aliphatic rings. The second-order valence-electron chi connectivity index (χ2n) is 3.58. The van der Waals surface area contributed by atoms with Crippen LogP contribution in [0.4, 0.5) is 4.39 Å². The average Bonchev–Trinajstić information content (AvgIpc) is 2.64. The second kappa shape index (κ2) is 3.95. The molecule has 0 spiro atoms. The first-order chi connectivity index (χ1) is 6.68. The van der Waals surface area contributed by atoms with E-state index in [2.05, 4.69) is 26.2 Å². The molecule has 1 fully saturated rings. The minimum Gasteiger partial charge on any atom is -0.310 e. The van der Waals surface area contributed by atoms with E-state index in [1.54, 1.807) is 0 Å². The fraction of sp³-hybridized carbons (Fsp3) is 0.500. The Morgan fingerprint density at radius 1 is 1.64 bits per heavy atom. The van der Waals surface area contributed by atoms with Crippen LogP contribution >= 0.6 is 15.9 Å². The standard InChI is InChI=1S/C10H12BrFN2/c1-6-7(9-3-2-4-13-9)5-8(11)10(12)14-6/h5,9,13H,2-4H2,1H3. The van der Waals surface area contributed by atoms with Gasteiger partial charge in [0.05, 0.1) is 4.47 Å². The number of hydrogen-bond donors (Lipinski definition) is 1. The largest absolute Gasteiger partial charge is 0.310 e. The number of aryl methyl sites for hydroxylation is 1. The molecule has 1 N–H and O–H groups in total. The van der Waals surface area contributed by atoms with Gasteiger partial charge in [-0.1, -0.05) is 0 Å². The summed E-state index contributed by atoms with van der Waals surface area (Å²) in [5, 5.41) is 3.38. The highest BCUT2D eigenvalue weighted by molar-refractivity contribution is 9.10. The van der Waals surface area contributed by atoms with Crippen LogP contribution in [0.3, 0.4) is 0 Å². The molecule has 2 rings (SSSR count). The van der Waals surface area contributed by atoms with Crippen LogP contribution in [-0.2, 0) is 0 Å². The van der Waals surface area contributed by atoms with Crippen molar-refractivity contribution in [2.24, 2.45) is 0 Å². The Kier molecular flexibility index (Phi) is 2.83. The Bertz CT molecular complexity index is 348. The Hall–Kier alpha value is -0.480. The summed E-state index contributed by atoms with van der Waals surface area (Å²) in [4.78, 5) is 3.86. The van der Waals surface area contributed by atoms with E-state index in [1.165, 1.54) is 6.42 Å². The predicted molar refractivity (Wildman–Crippen MR) is 56.6 cm³/mol. The third kappa shape index (κ3) is 1.81. The predicted octanol–water partition coefficient (Wildman–Crippen LogP) is 2.72. The van der Waals surface area contributed by atoms with E-state index >= 15 is 0 Å². The first-order valence-corrected chi connectivity index (χ1v) is 5.53. The van der Waals surface area contributed by atoms with E-state index < -0.39 is 5.95 Å². The van der Waals surface area contributed by atoms with E-state index in [9.17, 15) is 4.39 Å². The molecular formula is C10H12BrFN2. The van der Waals surface area contributed by atoms with Crippen LogP contribution in [0, 0.1) is 12.9 Å². The maximum atomic E-state index is 13.1. The lowest BCUT2D eigenvalue weighted by molar-refractivity contribution is 0.562. The van der Waals surface area contributed by atoms with Gasteiger partial charge in [0.1, 0.15) is 0 Å². The van der Waals surface area contributed by atoms with Crippen LogP contribution in [0.5, 0.6) is 0 Å². The molecule has 1 unspecified atom stereocenters. The monoisotopic (exact) mass is 258 g/mol. The van der Waals surface area contributed by atoms with Gasteiger partial charge in [-0.3, -0.25) is 0 Å². The molecule has 0 saturated carbocycles. The highest BCUT2D eigenvalue weighted by Gasteiger charge is 2.19. The van der Waals surface area contributed by atoms with E-state index in [4.69, 9.17) is 0 Å². The van der Waals surface area contributed by atoms with Gasteiger partial charge in [0.2, 0.25) is 5.95 Å². The van der Waals surface area contributed by atoms with Crippen molar-refractivity contribution in [1.29, 1.82) is 0 Å². The second-order valence-corrected chi connectivity index (χ2v) is 4.44. The molecule has 0 aliphatic carbocycles. The van der Waals surface area contributed by atoms with Gasteiger partial charge in [-0.05, 0) is 53.9 Å². The lowest BCUT2D eigenvalue weighted by atomic mass is 10.0. The zero-order valence-electron chi connectivity index (χ0n) is 7.98. The lowest BCUT2D eigenvalue weighted by Crippen LogP contribution is -2.15. The number of hydrogen-bond acceptors (Lipinski definition) is 2. The molecule has 1 aliphatic heterocycles. The summed E-state index contributed by atoms with van der Waals surface area (Å²) < 4.78 is 13.5. The third-order valence-corrected chi connectivity index (χ3v) is 3.15. The fourth-order valence-electron chi connectivity index (χ4n) is 1.87. The normalized spacial score (nSPS) is 21.5. The minimum atomic E-state index is -0.427. The molecule has 2 heterocycles. The summed E-state index contributed by atoms with van der Waals surface area (Å²) in [6.07, 6.45) is 2.29. The average molecular weight is 259 g/mol. The highest BCUT2D eigenvalue weighted by atomic mass is 79.9. The summed E-state index contributed by atoms with van der Waals surface area (Å²) in [5.41, 5.74) is 1.89. The number of nitrogens with zero attached hydrogens (tertiary/aromatic N) is 1. The van der Waals surface area contributed by atoms with E-state index in [-0.39, 0.29) is 0 Å². The van der Waals surface area contributed by atoms with Gasteiger partial charge in [-0.25, -0.2) is 4.98 Å². The van der Waals surface area contributed by atoms with Crippen LogP contribution in [0.1, 0.15) is 30.1 Å². The van der Waals surface area contributed by atoms with Crippen molar-refractivity contribution >= 4 is 15.9 Å². The van der Waals surface area contributed by atoms with Gasteiger partial charge in [0, 0.05) is 11.7 Å². The zero-order valence-corrected chi connectivity index (χ0v) is 9.57. The van der Waals surface area contributed by atoms with Crippen LogP contribution in [0.2, 0.25) is 0 Å². The first kappa shape index (κ1) is 10.1. The Balaban J connectivity index is 2.37. The van der Waals surface area contributed by atoms with Crippen molar-refractivity contribution in [3.05, 3.63) is 27.7 Å². The third-order valence-electron chi connectivity index (χ3n) is 2.60. The first-order valence-electron chi connectivity index (χ1n) is 4.74. The summed E-state index contributed by atoms with van der Waals surface area (Å²) in [5.74, 6) is -0.427. The van der Waals surface area contributed by atoms with Crippen LogP contribution < -0.4 is 5.32 Å². The van der Waals surface area contributed by atoms with Crippen molar-refractivity contribution in [2.45, 2.75) is 25.8 Å². The smallest absolute Gasteiger partial charge is 0.227 e. The molecule has 4 heteroatoms. The minimum absolute atomic E-state index is 0.347. The number of nitrogens with one attached hydrogen (secondary N) is 1. The summed E-state index contributed by atoms with van der Waals surface area (Å²) >= 11 is 3.16. The van der Waals surface area contributed by atoms with Gasteiger partial charge >= 0.3 is 0 Å². The van der Waals surface area contributed by atoms with Gasteiger partial charge in [0.15, 0.2) is 0 Å². The molecule has 0 radical (unpaired) electrons. The molecule has 76 valence electrons. The van der Waals surface area contributed by atoms with Crippen LogP contribution in [-0.4, -0.2) is 11.5 Å². The summed E-state index contributed by atoms with van der Waals surface area (Å²) in [7, 11) is 0. The Morgan fingerprint density at radius 2 is 2.43 bits per heavy atom. The topological polar surface area (TPSA) is 24.9 Å². The van der Waals surface area contributed by atoms with E-state index in [1.807, 2.05) is 13.0 Å². The van der Waals surface area contributed by atoms with Gasteiger partial charge < -0.3 is 5.32 Å². The molecule has 1 atom stereocenters. The molecule has 2 nitrogen and oxygen atoms in total. The molecule has 0 bridgehead atoms. The van der Waals surface area contributed by atoms with Crippen LogP contribution in [0.15, 0.2) is 10.5 Å². The highest BCUT2D eigenvalue weighted by Crippen LogP contribution is 2.28. The SMILES string of the molecule is Cc1nc(F)c(Br)cc1C1CCCN1. The molecule has 14 heavy (non-hydrogen) atoms. The Morgan fingerprint density at radius 3 is 3.07 bits per heavy atom. The summed E-state index contributed by atoms with van der Waals surface area (Å²) in [6.45, 7) is 2.89. The number of pyridine rings is 1. The van der Waals surface area contributed by atoms with Gasteiger partial charge in [-0.15, -0.1) is 0 Å². The van der Waals surface area contributed by atoms with Gasteiger partial charge in [-0.2, -0.15) is 4.39 Å². The maximum Gasteiger partial charge on any atom is 0.227 e. The van der Waals surface area contributed by atoms with Crippen molar-refractivity contribution in [1.82, 2.24) is 10.3 Å². The van der Waals surface area contributed by atoms with Crippen molar-refractivity contribution in [3.63, 3.8) is 0 Å². The van der Waals surface area contributed by atoms with E-state index in [0.717, 1.165) is 24.2 Å². The molecule has 0 amide bonds. The quantitative estimate of drug-likeness (QED) is 0.784. The maximum absolute atomic E-state index is 13.1. The van der Waals surface area contributed by atoms with Gasteiger partial charge in [0.25, 0.3) is 0 Å². The van der Waals surface area contributed by atoms with Crippen molar-refractivity contribution in [2.75, 3.05) is 6.54 Å². The lowest BCUT2D eigenvalue weighted by Gasteiger charge is -2.13. The fourth-order valence-corrected chi connectivity index (χ4v) is 2.20. The Labute approximate surface area is 91.1 Å². The molecule has 1 aromatic heterocycles. The summed E-state index contributed by atoms with van der Waals surface area (Å²) in [6, 6.07) is 2.18. The molecule has 1 aromatic rings. The molecular weight excluding hydrogens is 247 g/mol. The van der Waals surface area contributed by atoms with Crippen molar-refractivity contribution < 1.29 is 4.39 Å². The van der Waals surface area contributed by atoms with Crippen molar-refractivity contribution in [3.8, 4) is 0 Å². The zero-order chi connectivity index (χ0) is 10.1. The van der Waals surface area contributed by atoms with Crippen LogP contribution in [0.25, 0.3) is 0 Å².